The van der Waals surface area contributed by atoms with Gasteiger partial charge in [0.15, 0.2) is 0 Å². The standard InChI is InChI=1S/C18H20ClN5/c1-12-10-17(22-13(2)21-12)24-8-6-15(7-9-24)23-18-14(11-20)4-3-5-16(18)19/h3-5,10,15,23H,6-9H2,1-2H3. The number of nitriles is 1. The number of rotatable bonds is 3. The molecule has 0 spiro atoms. The average molecular weight is 342 g/mol. The molecule has 1 aliphatic rings. The number of hydrogen-bond acceptors (Lipinski definition) is 5. The van der Waals surface area contributed by atoms with Crippen LogP contribution in [0.15, 0.2) is 24.3 Å². The summed E-state index contributed by atoms with van der Waals surface area (Å²) in [5.74, 6) is 1.80. The van der Waals surface area contributed by atoms with Gasteiger partial charge in [0, 0.05) is 30.9 Å². The van der Waals surface area contributed by atoms with Gasteiger partial charge in [-0.1, -0.05) is 17.7 Å². The lowest BCUT2D eigenvalue weighted by atomic mass is 10.0. The number of halogens is 1. The fourth-order valence-corrected chi connectivity index (χ4v) is 3.31. The first kappa shape index (κ1) is 16.5. The van der Waals surface area contributed by atoms with Gasteiger partial charge in [-0.3, -0.25) is 0 Å². The van der Waals surface area contributed by atoms with Gasteiger partial charge < -0.3 is 10.2 Å². The van der Waals surface area contributed by atoms with E-state index in [2.05, 4.69) is 26.3 Å². The summed E-state index contributed by atoms with van der Waals surface area (Å²) < 4.78 is 0. The first-order valence-corrected chi connectivity index (χ1v) is 8.47. The van der Waals surface area contributed by atoms with Gasteiger partial charge in [0.25, 0.3) is 0 Å². The highest BCUT2D eigenvalue weighted by molar-refractivity contribution is 6.33. The Kier molecular flexibility index (Phi) is 4.86. The van der Waals surface area contributed by atoms with Crippen molar-refractivity contribution in [1.29, 1.82) is 5.26 Å². The molecule has 0 unspecified atom stereocenters. The smallest absolute Gasteiger partial charge is 0.132 e. The van der Waals surface area contributed by atoms with Crippen LogP contribution in [0.4, 0.5) is 11.5 Å². The number of anilines is 2. The molecule has 1 aromatic carbocycles. The van der Waals surface area contributed by atoms with Gasteiger partial charge in [0.2, 0.25) is 0 Å². The number of aryl methyl sites for hydroxylation is 2. The van der Waals surface area contributed by atoms with Gasteiger partial charge in [0.05, 0.1) is 16.3 Å². The van der Waals surface area contributed by atoms with Gasteiger partial charge in [-0.25, -0.2) is 9.97 Å². The lowest BCUT2D eigenvalue weighted by Crippen LogP contribution is -2.39. The number of nitrogens with zero attached hydrogens (tertiary/aromatic N) is 4. The number of benzene rings is 1. The highest BCUT2D eigenvalue weighted by Crippen LogP contribution is 2.28. The SMILES string of the molecule is Cc1cc(N2CCC(Nc3c(Cl)cccc3C#N)CC2)nc(C)n1. The zero-order chi connectivity index (χ0) is 17.1. The fraction of sp³-hybridized carbons (Fsp3) is 0.389. The van der Waals surface area contributed by atoms with Gasteiger partial charge in [0.1, 0.15) is 17.7 Å². The summed E-state index contributed by atoms with van der Waals surface area (Å²) in [5, 5.41) is 13.3. The van der Waals surface area contributed by atoms with E-state index in [1.807, 2.05) is 26.0 Å². The molecule has 1 saturated heterocycles. The molecule has 5 nitrogen and oxygen atoms in total. The van der Waals surface area contributed by atoms with Crippen LogP contribution in [0.2, 0.25) is 5.02 Å². The maximum atomic E-state index is 9.24. The molecule has 1 N–H and O–H groups in total. The van der Waals surface area contributed by atoms with Gasteiger partial charge in [-0.2, -0.15) is 5.26 Å². The molecule has 1 fully saturated rings. The third-order valence-corrected chi connectivity index (χ3v) is 4.57. The van der Waals surface area contributed by atoms with Crippen LogP contribution in [0.25, 0.3) is 0 Å². The van der Waals surface area contributed by atoms with Crippen molar-refractivity contribution in [2.75, 3.05) is 23.3 Å². The zero-order valence-corrected chi connectivity index (χ0v) is 14.6. The van der Waals surface area contributed by atoms with E-state index in [0.717, 1.165) is 49.0 Å². The van der Waals surface area contributed by atoms with E-state index in [9.17, 15) is 5.26 Å². The number of hydrogen-bond donors (Lipinski definition) is 1. The molecule has 24 heavy (non-hydrogen) atoms. The molecule has 0 saturated carbocycles. The second kappa shape index (κ2) is 7.06. The fourth-order valence-electron chi connectivity index (χ4n) is 3.08. The second-order valence-corrected chi connectivity index (χ2v) is 6.50. The van der Waals surface area contributed by atoms with Crippen molar-refractivity contribution in [2.45, 2.75) is 32.7 Å². The predicted molar refractivity (Wildman–Crippen MR) is 96.5 cm³/mol. The summed E-state index contributed by atoms with van der Waals surface area (Å²) in [6.07, 6.45) is 1.94. The lowest BCUT2D eigenvalue weighted by molar-refractivity contribution is 0.523. The van der Waals surface area contributed by atoms with Crippen molar-refractivity contribution < 1.29 is 0 Å². The maximum Gasteiger partial charge on any atom is 0.132 e. The van der Waals surface area contributed by atoms with Gasteiger partial charge in [-0.15, -0.1) is 0 Å². The monoisotopic (exact) mass is 341 g/mol. The number of aromatic nitrogens is 2. The molecule has 6 heteroatoms. The zero-order valence-electron chi connectivity index (χ0n) is 13.9. The largest absolute Gasteiger partial charge is 0.380 e. The molecule has 1 aromatic heterocycles. The van der Waals surface area contributed by atoms with Crippen molar-refractivity contribution in [3.8, 4) is 6.07 Å². The molecule has 0 aliphatic carbocycles. The average Bonchev–Trinajstić information content (AvgIpc) is 2.56. The Labute approximate surface area is 147 Å². The molecule has 0 bridgehead atoms. The van der Waals surface area contributed by atoms with Crippen LogP contribution in [0.1, 0.15) is 29.9 Å². The third-order valence-electron chi connectivity index (χ3n) is 4.25. The van der Waals surface area contributed by atoms with Crippen LogP contribution in [0.3, 0.4) is 0 Å². The highest BCUT2D eigenvalue weighted by atomic mass is 35.5. The molecule has 3 rings (SSSR count). The van der Waals surface area contributed by atoms with Crippen LogP contribution in [-0.2, 0) is 0 Å². The van der Waals surface area contributed by atoms with Crippen molar-refractivity contribution in [2.24, 2.45) is 0 Å². The minimum atomic E-state index is 0.303. The van der Waals surface area contributed by atoms with Crippen LogP contribution < -0.4 is 10.2 Å². The molecule has 1 aliphatic heterocycles. The number of nitrogens with one attached hydrogen (secondary N) is 1. The third kappa shape index (κ3) is 3.60. The quantitative estimate of drug-likeness (QED) is 0.922. The van der Waals surface area contributed by atoms with Crippen LogP contribution in [0.5, 0.6) is 0 Å². The molecular weight excluding hydrogens is 322 g/mol. The molecule has 2 aromatic rings. The first-order chi connectivity index (χ1) is 11.6. The van der Waals surface area contributed by atoms with E-state index in [-0.39, 0.29) is 0 Å². The normalized spacial score (nSPS) is 15.2. The number of para-hydroxylation sites is 1. The van der Waals surface area contributed by atoms with Gasteiger partial charge in [-0.05, 0) is 38.8 Å². The Balaban J connectivity index is 1.67. The summed E-state index contributed by atoms with van der Waals surface area (Å²) in [6.45, 7) is 5.75. The van der Waals surface area contributed by atoms with Crippen molar-refractivity contribution >= 4 is 23.1 Å². The van der Waals surface area contributed by atoms with E-state index in [1.54, 1.807) is 12.1 Å². The van der Waals surface area contributed by atoms with Crippen molar-refractivity contribution in [3.05, 3.63) is 46.4 Å². The van der Waals surface area contributed by atoms with Crippen molar-refractivity contribution in [3.63, 3.8) is 0 Å². The molecular formula is C18H20ClN5. The minimum absolute atomic E-state index is 0.303. The van der Waals surface area contributed by atoms with E-state index in [0.29, 0.717) is 16.6 Å². The first-order valence-electron chi connectivity index (χ1n) is 8.09. The summed E-state index contributed by atoms with van der Waals surface area (Å²) in [5.41, 5.74) is 2.33. The lowest BCUT2D eigenvalue weighted by Gasteiger charge is -2.34. The minimum Gasteiger partial charge on any atom is -0.380 e. The molecule has 0 radical (unpaired) electrons. The molecule has 0 atom stereocenters. The van der Waals surface area contributed by atoms with E-state index in [1.165, 1.54) is 0 Å². The Morgan fingerprint density at radius 3 is 2.67 bits per heavy atom. The molecule has 0 amide bonds. The maximum absolute atomic E-state index is 9.24. The Bertz CT molecular complexity index is 755. The molecule has 2 heterocycles. The van der Waals surface area contributed by atoms with Gasteiger partial charge >= 0.3 is 0 Å². The van der Waals surface area contributed by atoms with Crippen molar-refractivity contribution in [1.82, 2.24) is 9.97 Å². The Morgan fingerprint density at radius 2 is 2.00 bits per heavy atom. The van der Waals surface area contributed by atoms with E-state index >= 15 is 0 Å². The van der Waals surface area contributed by atoms with E-state index in [4.69, 9.17) is 11.6 Å². The molecule has 124 valence electrons. The second-order valence-electron chi connectivity index (χ2n) is 6.09. The summed E-state index contributed by atoms with van der Waals surface area (Å²) in [7, 11) is 0. The Hall–Kier alpha value is -2.32. The predicted octanol–water partition coefficient (Wildman–Crippen LogP) is 3.70. The Morgan fingerprint density at radius 1 is 1.25 bits per heavy atom. The van der Waals surface area contributed by atoms with E-state index < -0.39 is 0 Å². The summed E-state index contributed by atoms with van der Waals surface area (Å²) in [4.78, 5) is 11.2. The summed E-state index contributed by atoms with van der Waals surface area (Å²) >= 11 is 6.25. The van der Waals surface area contributed by atoms with Crippen LogP contribution in [-0.4, -0.2) is 29.1 Å². The summed E-state index contributed by atoms with van der Waals surface area (Å²) in [6, 6.07) is 9.93. The topological polar surface area (TPSA) is 64.8 Å². The van der Waals surface area contributed by atoms with Crippen LogP contribution >= 0.6 is 11.6 Å². The highest BCUT2D eigenvalue weighted by Gasteiger charge is 2.22. The number of piperidine rings is 1. The van der Waals surface area contributed by atoms with Crippen LogP contribution in [0, 0.1) is 25.2 Å².